The van der Waals surface area contributed by atoms with Gasteiger partial charge in [-0.15, -0.1) is 0 Å². The molecule has 0 aromatic heterocycles. The summed E-state index contributed by atoms with van der Waals surface area (Å²) in [5.74, 6) is -0.368. The van der Waals surface area contributed by atoms with Crippen molar-refractivity contribution in [1.82, 2.24) is 0 Å². The van der Waals surface area contributed by atoms with Crippen molar-refractivity contribution in [2.75, 3.05) is 0 Å². The monoisotopic (exact) mass is 204 g/mol. The molecule has 14 heavy (non-hydrogen) atoms. The molecule has 3 nitrogen and oxygen atoms in total. The fourth-order valence-electron chi connectivity index (χ4n) is 1.68. The van der Waals surface area contributed by atoms with Gasteiger partial charge in [-0.3, -0.25) is 0 Å². The minimum absolute atomic E-state index is 0.184. The first-order valence-electron chi connectivity index (χ1n) is 5.49. The van der Waals surface area contributed by atoms with Crippen LogP contribution in [0.3, 0.4) is 0 Å². The van der Waals surface area contributed by atoms with E-state index >= 15 is 0 Å². The van der Waals surface area contributed by atoms with Crippen LogP contribution in [0.5, 0.6) is 0 Å². The summed E-state index contributed by atoms with van der Waals surface area (Å²) < 4.78 is 0. The van der Waals surface area contributed by atoms with Gasteiger partial charge in [-0.25, -0.2) is 0 Å². The van der Waals surface area contributed by atoms with Crippen molar-refractivity contribution in [2.24, 2.45) is 11.8 Å². The van der Waals surface area contributed by atoms with Crippen LogP contribution in [0.2, 0.25) is 0 Å². The second kappa shape index (κ2) is 6.38. The Balaban J connectivity index is 4.22. The zero-order valence-electron chi connectivity index (χ0n) is 9.64. The van der Waals surface area contributed by atoms with Gasteiger partial charge in [-0.1, -0.05) is 27.7 Å². The van der Waals surface area contributed by atoms with Gasteiger partial charge >= 0.3 is 0 Å². The lowest BCUT2D eigenvalue weighted by atomic mass is 9.85. The Hall–Kier alpha value is -0.120. The normalized spacial score (nSPS) is 22.5. The summed E-state index contributed by atoms with van der Waals surface area (Å²) in [7, 11) is 0. The predicted octanol–water partition coefficient (Wildman–Crippen LogP) is 1.16. The molecule has 86 valence electrons. The molecule has 5 atom stereocenters. The SMILES string of the molecule is CC[C@@H](O)[C@H](C)C(O)[C@H](C)[C@H](O)CC. The molecule has 0 aliphatic carbocycles. The first-order chi connectivity index (χ1) is 6.45. The molecule has 0 saturated heterocycles. The Labute approximate surface area is 86.8 Å². The largest absolute Gasteiger partial charge is 0.393 e. The van der Waals surface area contributed by atoms with E-state index in [9.17, 15) is 15.3 Å². The summed E-state index contributed by atoms with van der Waals surface area (Å²) in [5.41, 5.74) is 0. The summed E-state index contributed by atoms with van der Waals surface area (Å²) in [6, 6.07) is 0. The molecule has 0 radical (unpaired) electrons. The molecule has 0 spiro atoms. The third kappa shape index (κ3) is 3.56. The summed E-state index contributed by atoms with van der Waals surface area (Å²) in [4.78, 5) is 0. The number of aliphatic hydroxyl groups is 3. The molecule has 0 aromatic rings. The van der Waals surface area contributed by atoms with Crippen molar-refractivity contribution >= 4 is 0 Å². The highest BCUT2D eigenvalue weighted by atomic mass is 16.3. The lowest BCUT2D eigenvalue weighted by molar-refractivity contribution is -0.0450. The van der Waals surface area contributed by atoms with Gasteiger partial charge in [0, 0.05) is 11.8 Å². The predicted molar refractivity (Wildman–Crippen MR) is 56.9 cm³/mol. The maximum atomic E-state index is 9.87. The maximum absolute atomic E-state index is 9.87. The molecule has 3 N–H and O–H groups in total. The van der Waals surface area contributed by atoms with E-state index in [-0.39, 0.29) is 11.8 Å². The van der Waals surface area contributed by atoms with Crippen LogP contribution in [0, 0.1) is 11.8 Å². The Morgan fingerprint density at radius 3 is 1.29 bits per heavy atom. The second-order valence-electron chi connectivity index (χ2n) is 4.16. The summed E-state index contributed by atoms with van der Waals surface area (Å²) in [6.07, 6.45) is -0.353. The number of rotatable bonds is 6. The molecule has 0 saturated carbocycles. The zero-order valence-corrected chi connectivity index (χ0v) is 9.64. The molecule has 0 fully saturated rings. The lowest BCUT2D eigenvalue weighted by Crippen LogP contribution is -2.38. The molecule has 1 unspecified atom stereocenters. The van der Waals surface area contributed by atoms with Crippen molar-refractivity contribution in [3.05, 3.63) is 0 Å². The van der Waals surface area contributed by atoms with Gasteiger partial charge in [-0.05, 0) is 12.8 Å². The highest BCUT2D eigenvalue weighted by molar-refractivity contribution is 4.79. The van der Waals surface area contributed by atoms with Crippen LogP contribution in [0.4, 0.5) is 0 Å². The fraction of sp³-hybridized carbons (Fsp3) is 1.00. The molecule has 0 aromatic carbocycles. The average molecular weight is 204 g/mol. The highest BCUT2D eigenvalue weighted by Gasteiger charge is 2.29. The first-order valence-corrected chi connectivity index (χ1v) is 5.49. The van der Waals surface area contributed by atoms with E-state index < -0.39 is 18.3 Å². The van der Waals surface area contributed by atoms with Crippen LogP contribution in [-0.4, -0.2) is 33.6 Å². The minimum Gasteiger partial charge on any atom is -0.393 e. The van der Waals surface area contributed by atoms with Crippen molar-refractivity contribution < 1.29 is 15.3 Å². The quantitative estimate of drug-likeness (QED) is 0.608. The van der Waals surface area contributed by atoms with E-state index in [4.69, 9.17) is 0 Å². The molecular weight excluding hydrogens is 180 g/mol. The number of hydrogen-bond acceptors (Lipinski definition) is 3. The minimum atomic E-state index is -0.639. The Kier molecular flexibility index (Phi) is 6.33. The molecular formula is C11H24O3. The van der Waals surface area contributed by atoms with Crippen molar-refractivity contribution in [3.8, 4) is 0 Å². The van der Waals surface area contributed by atoms with Gasteiger partial charge in [0.1, 0.15) is 0 Å². The van der Waals surface area contributed by atoms with Gasteiger partial charge in [-0.2, -0.15) is 0 Å². The maximum Gasteiger partial charge on any atom is 0.0640 e. The van der Waals surface area contributed by atoms with Gasteiger partial charge < -0.3 is 15.3 Å². The first kappa shape index (κ1) is 13.9. The Morgan fingerprint density at radius 1 is 0.786 bits per heavy atom. The smallest absolute Gasteiger partial charge is 0.0640 e. The molecule has 0 amide bonds. The van der Waals surface area contributed by atoms with Crippen LogP contribution in [-0.2, 0) is 0 Å². The van der Waals surface area contributed by atoms with E-state index in [0.29, 0.717) is 12.8 Å². The third-order valence-corrected chi connectivity index (χ3v) is 3.13. The van der Waals surface area contributed by atoms with E-state index in [0.717, 1.165) is 0 Å². The second-order valence-corrected chi connectivity index (χ2v) is 4.16. The Bertz CT molecular complexity index is 133. The zero-order chi connectivity index (χ0) is 11.3. The van der Waals surface area contributed by atoms with Gasteiger partial charge in [0.05, 0.1) is 18.3 Å². The topological polar surface area (TPSA) is 60.7 Å². The number of hydrogen-bond donors (Lipinski definition) is 3. The lowest BCUT2D eigenvalue weighted by Gasteiger charge is -2.30. The van der Waals surface area contributed by atoms with Gasteiger partial charge in [0.2, 0.25) is 0 Å². The highest BCUT2D eigenvalue weighted by Crippen LogP contribution is 2.21. The van der Waals surface area contributed by atoms with Crippen molar-refractivity contribution in [1.29, 1.82) is 0 Å². The van der Waals surface area contributed by atoms with E-state index in [2.05, 4.69) is 0 Å². The summed E-state index contributed by atoms with van der Waals surface area (Å²) in [6.45, 7) is 7.40. The molecule has 3 heteroatoms. The van der Waals surface area contributed by atoms with Crippen molar-refractivity contribution in [3.63, 3.8) is 0 Å². The van der Waals surface area contributed by atoms with Gasteiger partial charge in [0.25, 0.3) is 0 Å². The van der Waals surface area contributed by atoms with Crippen LogP contribution in [0.25, 0.3) is 0 Å². The van der Waals surface area contributed by atoms with Crippen LogP contribution in [0.15, 0.2) is 0 Å². The van der Waals surface area contributed by atoms with Crippen molar-refractivity contribution in [2.45, 2.75) is 58.8 Å². The number of aliphatic hydroxyl groups excluding tert-OH is 3. The molecule has 0 heterocycles. The Morgan fingerprint density at radius 2 is 1.07 bits per heavy atom. The van der Waals surface area contributed by atoms with E-state index in [1.165, 1.54) is 0 Å². The van der Waals surface area contributed by atoms with Crippen LogP contribution < -0.4 is 0 Å². The van der Waals surface area contributed by atoms with Crippen LogP contribution in [0.1, 0.15) is 40.5 Å². The molecule has 0 aliphatic rings. The standard InChI is InChI=1S/C11H24O3/c1-5-9(12)7(3)11(14)8(4)10(13)6-2/h7-14H,5-6H2,1-4H3/t7-,8+,9-,10-,11?/m1/s1. The molecule has 0 aliphatic heterocycles. The average Bonchev–Trinajstić information content (AvgIpc) is 2.23. The summed E-state index contributed by atoms with van der Waals surface area (Å²) in [5, 5.41) is 29.0. The summed E-state index contributed by atoms with van der Waals surface area (Å²) >= 11 is 0. The molecule has 0 bridgehead atoms. The van der Waals surface area contributed by atoms with E-state index in [1.54, 1.807) is 0 Å². The van der Waals surface area contributed by atoms with Crippen LogP contribution >= 0.6 is 0 Å². The third-order valence-electron chi connectivity index (χ3n) is 3.13. The van der Waals surface area contributed by atoms with Gasteiger partial charge in [0.15, 0.2) is 0 Å². The molecule has 0 rings (SSSR count). The van der Waals surface area contributed by atoms with E-state index in [1.807, 2.05) is 27.7 Å². The fourth-order valence-corrected chi connectivity index (χ4v) is 1.68.